The molecule has 4 nitrogen and oxygen atoms in total. The van der Waals surface area contributed by atoms with Crippen molar-refractivity contribution in [1.29, 1.82) is 5.26 Å². The van der Waals surface area contributed by atoms with Crippen LogP contribution < -0.4 is 11.1 Å². The summed E-state index contributed by atoms with van der Waals surface area (Å²) in [6.07, 6.45) is 0. The summed E-state index contributed by atoms with van der Waals surface area (Å²) in [7, 11) is 0. The van der Waals surface area contributed by atoms with Gasteiger partial charge in [-0.25, -0.2) is 0 Å². The molecular weight excluding hydrogens is 226 g/mol. The molecular formula is C14H11N3O. The third-order valence-electron chi connectivity index (χ3n) is 2.45. The second kappa shape index (κ2) is 5.02. The number of nitrogens with zero attached hydrogens (tertiary/aromatic N) is 1. The van der Waals surface area contributed by atoms with E-state index in [1.165, 1.54) is 6.07 Å². The van der Waals surface area contributed by atoms with Crippen LogP contribution in [0.5, 0.6) is 0 Å². The molecule has 0 spiro atoms. The minimum Gasteiger partial charge on any atom is -0.399 e. The SMILES string of the molecule is N#Cc1cc(N)ccc1NC(=O)c1ccccc1. The molecule has 0 saturated heterocycles. The number of anilines is 2. The van der Waals surface area contributed by atoms with E-state index in [1.54, 1.807) is 36.4 Å². The minimum atomic E-state index is -0.253. The van der Waals surface area contributed by atoms with Crippen LogP contribution in [0.2, 0.25) is 0 Å². The number of rotatable bonds is 2. The highest BCUT2D eigenvalue weighted by molar-refractivity contribution is 6.04. The van der Waals surface area contributed by atoms with E-state index in [2.05, 4.69) is 5.32 Å². The van der Waals surface area contributed by atoms with Crippen molar-refractivity contribution >= 4 is 17.3 Å². The number of nitrogens with two attached hydrogens (primary N) is 1. The zero-order valence-electron chi connectivity index (χ0n) is 9.55. The maximum Gasteiger partial charge on any atom is 0.255 e. The molecule has 88 valence electrons. The van der Waals surface area contributed by atoms with Crippen LogP contribution in [0.25, 0.3) is 0 Å². The molecule has 4 heteroatoms. The first kappa shape index (κ1) is 11.7. The molecule has 0 aliphatic carbocycles. The Hall–Kier alpha value is -2.80. The van der Waals surface area contributed by atoms with E-state index >= 15 is 0 Å². The molecule has 3 N–H and O–H groups in total. The number of nitrogens with one attached hydrogen (secondary N) is 1. The van der Waals surface area contributed by atoms with Gasteiger partial charge in [0.05, 0.1) is 11.3 Å². The number of hydrogen-bond donors (Lipinski definition) is 2. The Balaban J connectivity index is 2.25. The van der Waals surface area contributed by atoms with Gasteiger partial charge >= 0.3 is 0 Å². The van der Waals surface area contributed by atoms with Crippen LogP contribution in [-0.4, -0.2) is 5.91 Å². The minimum absolute atomic E-state index is 0.253. The van der Waals surface area contributed by atoms with Gasteiger partial charge in [0, 0.05) is 11.3 Å². The topological polar surface area (TPSA) is 78.9 Å². The highest BCUT2D eigenvalue weighted by Crippen LogP contribution is 2.18. The van der Waals surface area contributed by atoms with Crippen molar-refractivity contribution < 1.29 is 4.79 Å². The lowest BCUT2D eigenvalue weighted by molar-refractivity contribution is 0.102. The molecule has 0 bridgehead atoms. The monoisotopic (exact) mass is 237 g/mol. The van der Waals surface area contributed by atoms with Crippen molar-refractivity contribution in [3.63, 3.8) is 0 Å². The van der Waals surface area contributed by atoms with E-state index < -0.39 is 0 Å². The normalized spacial score (nSPS) is 9.50. The number of carbonyl (C=O) groups is 1. The fraction of sp³-hybridized carbons (Fsp3) is 0. The van der Waals surface area contributed by atoms with Crippen LogP contribution in [0.4, 0.5) is 11.4 Å². The van der Waals surface area contributed by atoms with E-state index in [9.17, 15) is 4.79 Å². The Morgan fingerprint density at radius 3 is 2.56 bits per heavy atom. The van der Waals surface area contributed by atoms with Gasteiger partial charge in [0.25, 0.3) is 5.91 Å². The molecule has 2 aromatic carbocycles. The van der Waals surface area contributed by atoms with Crippen molar-refractivity contribution in [2.24, 2.45) is 0 Å². The van der Waals surface area contributed by atoms with E-state index in [1.807, 2.05) is 12.1 Å². The Kier molecular flexibility index (Phi) is 3.26. The molecule has 0 fully saturated rings. The molecule has 0 aromatic heterocycles. The van der Waals surface area contributed by atoms with Crippen LogP contribution >= 0.6 is 0 Å². The van der Waals surface area contributed by atoms with Crippen LogP contribution in [0.15, 0.2) is 48.5 Å². The van der Waals surface area contributed by atoms with E-state index in [0.717, 1.165) is 0 Å². The van der Waals surface area contributed by atoms with Crippen LogP contribution in [0, 0.1) is 11.3 Å². The summed E-state index contributed by atoms with van der Waals surface area (Å²) in [6, 6.07) is 15.6. The van der Waals surface area contributed by atoms with Gasteiger partial charge in [-0.2, -0.15) is 5.26 Å². The van der Waals surface area contributed by atoms with Gasteiger partial charge in [0.1, 0.15) is 6.07 Å². The third-order valence-corrected chi connectivity index (χ3v) is 2.45. The molecule has 0 radical (unpaired) electrons. The largest absolute Gasteiger partial charge is 0.399 e. The molecule has 0 saturated carbocycles. The number of amides is 1. The lowest BCUT2D eigenvalue weighted by Crippen LogP contribution is -2.12. The molecule has 18 heavy (non-hydrogen) atoms. The number of hydrogen-bond acceptors (Lipinski definition) is 3. The first-order valence-electron chi connectivity index (χ1n) is 5.37. The summed E-state index contributed by atoms with van der Waals surface area (Å²) >= 11 is 0. The molecule has 0 aliphatic heterocycles. The predicted octanol–water partition coefficient (Wildman–Crippen LogP) is 2.39. The third kappa shape index (κ3) is 2.47. The van der Waals surface area contributed by atoms with E-state index in [0.29, 0.717) is 22.5 Å². The van der Waals surface area contributed by atoms with Crippen LogP contribution in [-0.2, 0) is 0 Å². The van der Waals surface area contributed by atoms with Gasteiger partial charge in [-0.1, -0.05) is 18.2 Å². The second-order valence-corrected chi connectivity index (χ2v) is 3.74. The van der Waals surface area contributed by atoms with Crippen LogP contribution in [0.3, 0.4) is 0 Å². The molecule has 2 aromatic rings. The summed E-state index contributed by atoms with van der Waals surface area (Å²) in [5, 5.41) is 11.7. The van der Waals surface area contributed by atoms with Crippen molar-refractivity contribution in [3.05, 3.63) is 59.7 Å². The zero-order valence-corrected chi connectivity index (χ0v) is 9.55. The first-order chi connectivity index (χ1) is 8.70. The molecule has 1 amide bonds. The quantitative estimate of drug-likeness (QED) is 0.787. The van der Waals surface area contributed by atoms with Gasteiger partial charge in [-0.05, 0) is 30.3 Å². The van der Waals surface area contributed by atoms with Gasteiger partial charge in [0.2, 0.25) is 0 Å². The van der Waals surface area contributed by atoms with Gasteiger partial charge in [-0.15, -0.1) is 0 Å². The van der Waals surface area contributed by atoms with Crippen molar-refractivity contribution in [3.8, 4) is 6.07 Å². The van der Waals surface area contributed by atoms with Crippen molar-refractivity contribution in [1.82, 2.24) is 0 Å². The van der Waals surface area contributed by atoms with Gasteiger partial charge < -0.3 is 11.1 Å². The Morgan fingerprint density at radius 2 is 1.89 bits per heavy atom. The summed E-state index contributed by atoms with van der Waals surface area (Å²) < 4.78 is 0. The average Bonchev–Trinajstić information content (AvgIpc) is 2.41. The van der Waals surface area contributed by atoms with E-state index in [4.69, 9.17) is 11.0 Å². The lowest BCUT2D eigenvalue weighted by atomic mass is 10.1. The highest BCUT2D eigenvalue weighted by atomic mass is 16.1. The number of benzene rings is 2. The Bertz CT molecular complexity index is 615. The zero-order chi connectivity index (χ0) is 13.0. The van der Waals surface area contributed by atoms with Gasteiger partial charge in [-0.3, -0.25) is 4.79 Å². The molecule has 0 aliphatic rings. The predicted molar refractivity (Wildman–Crippen MR) is 70.0 cm³/mol. The second-order valence-electron chi connectivity index (χ2n) is 3.74. The molecule has 2 rings (SSSR count). The smallest absolute Gasteiger partial charge is 0.255 e. The summed E-state index contributed by atoms with van der Waals surface area (Å²) in [4.78, 5) is 11.9. The molecule has 0 atom stereocenters. The number of nitrogen functional groups attached to an aromatic ring is 1. The summed E-state index contributed by atoms with van der Waals surface area (Å²) in [5.41, 5.74) is 7.42. The number of nitriles is 1. The maximum absolute atomic E-state index is 11.9. The highest BCUT2D eigenvalue weighted by Gasteiger charge is 2.08. The number of carbonyl (C=O) groups excluding carboxylic acids is 1. The van der Waals surface area contributed by atoms with Crippen LogP contribution in [0.1, 0.15) is 15.9 Å². The van der Waals surface area contributed by atoms with Crippen molar-refractivity contribution in [2.75, 3.05) is 11.1 Å². The molecule has 0 unspecified atom stereocenters. The summed E-state index contributed by atoms with van der Waals surface area (Å²) in [6.45, 7) is 0. The van der Waals surface area contributed by atoms with Gasteiger partial charge in [0.15, 0.2) is 0 Å². The fourth-order valence-corrected chi connectivity index (χ4v) is 1.55. The standard InChI is InChI=1S/C14H11N3O/c15-9-11-8-12(16)6-7-13(11)17-14(18)10-4-2-1-3-5-10/h1-8H,16H2,(H,17,18). The fourth-order valence-electron chi connectivity index (χ4n) is 1.55. The average molecular weight is 237 g/mol. The summed E-state index contributed by atoms with van der Waals surface area (Å²) in [5.74, 6) is -0.253. The lowest BCUT2D eigenvalue weighted by Gasteiger charge is -2.07. The molecule has 0 heterocycles. The Morgan fingerprint density at radius 1 is 1.17 bits per heavy atom. The first-order valence-corrected chi connectivity index (χ1v) is 5.37. The Labute approximate surface area is 105 Å². The van der Waals surface area contributed by atoms with Crippen molar-refractivity contribution in [2.45, 2.75) is 0 Å². The maximum atomic E-state index is 11.9. The van der Waals surface area contributed by atoms with E-state index in [-0.39, 0.29) is 5.91 Å².